The Labute approximate surface area is 316 Å². The third kappa shape index (κ3) is 5.07. The van der Waals surface area contributed by atoms with Gasteiger partial charge in [-0.2, -0.15) is 0 Å². The third-order valence-electron chi connectivity index (χ3n) is 12.9. The van der Waals surface area contributed by atoms with E-state index in [0.29, 0.717) is 0 Å². The molecule has 0 spiro atoms. The first-order chi connectivity index (χ1) is 24.4. The molecule has 1 atom stereocenters. The average Bonchev–Trinajstić information content (AvgIpc) is 3.48. The van der Waals surface area contributed by atoms with Crippen LogP contribution in [-0.2, 0) is 34.5 Å². The molecule has 2 aliphatic heterocycles. The van der Waals surface area contributed by atoms with Gasteiger partial charge in [0, 0.05) is 20.9 Å². The fourth-order valence-corrected chi connectivity index (χ4v) is 10.8. The van der Waals surface area contributed by atoms with Crippen molar-refractivity contribution in [3.8, 4) is 11.1 Å². The van der Waals surface area contributed by atoms with E-state index in [1.54, 1.807) is 11.0 Å². The monoisotopic (exact) mass is 696 g/mol. The van der Waals surface area contributed by atoms with Gasteiger partial charge in [-0.15, -0.1) is 11.3 Å². The summed E-state index contributed by atoms with van der Waals surface area (Å²) in [5.41, 5.74) is 20.7. The van der Waals surface area contributed by atoms with Crippen molar-refractivity contribution in [2.45, 2.75) is 117 Å². The first kappa shape index (κ1) is 33.9. The van der Waals surface area contributed by atoms with Crippen molar-refractivity contribution in [2.24, 2.45) is 0 Å². The number of fused-ring (bicyclic) bond motifs is 6. The van der Waals surface area contributed by atoms with Crippen molar-refractivity contribution in [2.75, 3.05) is 0 Å². The smallest absolute Gasteiger partial charge is 0.139 e. The van der Waals surface area contributed by atoms with Crippen LogP contribution in [0, 0.1) is 0 Å². The lowest BCUT2D eigenvalue weighted by Crippen LogP contribution is -2.65. The van der Waals surface area contributed by atoms with Crippen molar-refractivity contribution in [3.05, 3.63) is 146 Å². The predicted molar refractivity (Wildman–Crippen MR) is 228 cm³/mol. The van der Waals surface area contributed by atoms with E-state index in [0.717, 1.165) is 0 Å². The van der Waals surface area contributed by atoms with Gasteiger partial charge < -0.3 is 0 Å². The Bertz CT molecular complexity index is 2450. The van der Waals surface area contributed by atoms with Gasteiger partial charge in [0.1, 0.15) is 0 Å². The zero-order valence-corrected chi connectivity index (χ0v) is 34.0. The van der Waals surface area contributed by atoms with Gasteiger partial charge in [0.05, 0.1) is 0 Å². The molecule has 262 valence electrons. The summed E-state index contributed by atoms with van der Waals surface area (Å²) in [6.45, 7) is 26.3. The Balaban J connectivity index is 1.39. The van der Waals surface area contributed by atoms with Gasteiger partial charge >= 0.3 is 0 Å². The zero-order valence-electron chi connectivity index (χ0n) is 33.1. The molecule has 1 aromatic heterocycles. The van der Waals surface area contributed by atoms with Crippen LogP contribution in [0.4, 0.5) is 0 Å². The van der Waals surface area contributed by atoms with E-state index in [4.69, 9.17) is 0 Å². The minimum absolute atomic E-state index is 0.0532. The Morgan fingerprint density at radius 2 is 1.27 bits per heavy atom. The van der Waals surface area contributed by atoms with Crippen molar-refractivity contribution >= 4 is 44.5 Å². The van der Waals surface area contributed by atoms with Crippen molar-refractivity contribution in [1.82, 2.24) is 0 Å². The fraction of sp³-hybridized carbons (Fsp3) is 0.360. The Hall–Kier alpha value is -3.88. The first-order valence-electron chi connectivity index (χ1n) is 19.5. The summed E-state index contributed by atoms with van der Waals surface area (Å²) in [5.74, 6) is 0.169. The quantitative estimate of drug-likeness (QED) is 0.158. The lowest BCUT2D eigenvalue weighted by atomic mass is 9.28. The zero-order chi connectivity index (χ0) is 36.7. The van der Waals surface area contributed by atoms with Crippen LogP contribution >= 0.6 is 11.3 Å². The molecular formula is C50H53BS. The molecule has 0 bridgehead atoms. The maximum Gasteiger partial charge on any atom is 0.242 e. The maximum absolute atomic E-state index is 2.63. The van der Waals surface area contributed by atoms with Gasteiger partial charge in [-0.3, -0.25) is 0 Å². The van der Waals surface area contributed by atoms with Gasteiger partial charge in [0.15, 0.2) is 0 Å². The Morgan fingerprint density at radius 3 is 1.94 bits per heavy atom. The molecule has 5 aromatic carbocycles. The summed E-state index contributed by atoms with van der Waals surface area (Å²) in [4.78, 5) is 1.46. The molecule has 52 heavy (non-hydrogen) atoms. The van der Waals surface area contributed by atoms with Crippen LogP contribution in [0.2, 0.25) is 0 Å². The summed E-state index contributed by atoms with van der Waals surface area (Å²) in [6.07, 6.45) is 2.37. The molecule has 0 radical (unpaired) electrons. The summed E-state index contributed by atoms with van der Waals surface area (Å²) in [6, 6.07) is 37.0. The van der Waals surface area contributed by atoms with Gasteiger partial charge in [0.25, 0.3) is 0 Å². The van der Waals surface area contributed by atoms with Crippen LogP contribution in [-0.4, -0.2) is 6.71 Å². The van der Waals surface area contributed by atoms with Crippen LogP contribution in [0.25, 0.3) is 21.2 Å². The van der Waals surface area contributed by atoms with Crippen LogP contribution in [0.1, 0.15) is 137 Å². The number of hydrogen-bond acceptors (Lipinski definition) is 1. The number of hydrogen-bond donors (Lipinski definition) is 0. The molecule has 0 amide bonds. The van der Waals surface area contributed by atoms with Gasteiger partial charge in [-0.05, 0) is 114 Å². The van der Waals surface area contributed by atoms with Crippen LogP contribution in [0.3, 0.4) is 0 Å². The second-order valence-electron chi connectivity index (χ2n) is 19.8. The first-order valence-corrected chi connectivity index (χ1v) is 20.4. The van der Waals surface area contributed by atoms with E-state index in [9.17, 15) is 0 Å². The summed E-state index contributed by atoms with van der Waals surface area (Å²) in [5, 5.41) is 1.37. The lowest BCUT2D eigenvalue weighted by molar-refractivity contribution is 0.588. The minimum Gasteiger partial charge on any atom is -0.139 e. The molecular weight excluding hydrogens is 643 g/mol. The predicted octanol–water partition coefficient (Wildman–Crippen LogP) is 11.2. The number of thiophene rings is 1. The molecule has 3 aliphatic rings. The van der Waals surface area contributed by atoms with Gasteiger partial charge in [-0.1, -0.05) is 165 Å². The second-order valence-corrected chi connectivity index (χ2v) is 20.9. The van der Waals surface area contributed by atoms with Gasteiger partial charge in [-0.25, -0.2) is 0 Å². The van der Waals surface area contributed by atoms with E-state index in [1.165, 1.54) is 94.4 Å². The van der Waals surface area contributed by atoms with Crippen LogP contribution in [0.15, 0.2) is 91.0 Å². The highest BCUT2D eigenvalue weighted by atomic mass is 32.1. The topological polar surface area (TPSA) is 0 Å². The molecule has 2 heteroatoms. The highest BCUT2D eigenvalue weighted by Crippen LogP contribution is 2.47. The highest BCUT2D eigenvalue weighted by molar-refractivity contribution is 7.19. The SMILES string of the molecule is CC(C)(C)c1ccc2c(c1)B1c3cc(C(C)(C)C)ccc3C(C)(C)c3cc(-c4cccc5c4CC5)cc(c31)C2c1cc2cc(C(C)(C)C)ccc2s1. The lowest BCUT2D eigenvalue weighted by Gasteiger charge is -2.45. The fourth-order valence-electron chi connectivity index (χ4n) is 9.59. The minimum atomic E-state index is -0.143. The summed E-state index contributed by atoms with van der Waals surface area (Å²) < 4.78 is 1.38. The van der Waals surface area contributed by atoms with E-state index >= 15 is 0 Å². The third-order valence-corrected chi connectivity index (χ3v) is 14.1. The molecule has 6 aromatic rings. The molecule has 1 aliphatic carbocycles. The molecule has 0 N–H and O–H groups in total. The van der Waals surface area contributed by atoms with Crippen LogP contribution < -0.4 is 16.4 Å². The van der Waals surface area contributed by atoms with Crippen molar-refractivity contribution < 1.29 is 0 Å². The highest BCUT2D eigenvalue weighted by Gasteiger charge is 2.47. The number of benzene rings is 5. The van der Waals surface area contributed by atoms with E-state index in [1.807, 2.05) is 11.3 Å². The standard InChI is InChI=1S/C50H53BS/c1-47(2,3)32-18-22-43-31(23-32)26-44(52-43)45-37-20-16-33(48(4,5)6)27-41(37)51-42-28-34(49(7,8)9)17-21-39(42)50(10,11)40-25-30(24-38(45)46(40)51)35-14-12-13-29-15-19-36(29)35/h12-14,16-18,20-28,45H,15,19H2,1-11H3. The van der Waals surface area contributed by atoms with Crippen molar-refractivity contribution in [3.63, 3.8) is 0 Å². The molecule has 1 unspecified atom stereocenters. The molecule has 9 rings (SSSR count). The molecule has 0 saturated heterocycles. The Kier molecular flexibility index (Phi) is 7.23. The van der Waals surface area contributed by atoms with E-state index < -0.39 is 0 Å². The summed E-state index contributed by atoms with van der Waals surface area (Å²) in [7, 11) is 0. The Morgan fingerprint density at radius 1 is 0.615 bits per heavy atom. The molecule has 0 nitrogen and oxygen atoms in total. The maximum atomic E-state index is 2.63. The van der Waals surface area contributed by atoms with E-state index in [2.05, 4.69) is 167 Å². The normalized spacial score (nSPS) is 17.3. The van der Waals surface area contributed by atoms with Crippen molar-refractivity contribution in [1.29, 1.82) is 0 Å². The van der Waals surface area contributed by atoms with Gasteiger partial charge in [0.2, 0.25) is 6.71 Å². The van der Waals surface area contributed by atoms with Crippen LogP contribution in [0.5, 0.6) is 0 Å². The second kappa shape index (κ2) is 11.1. The number of rotatable bonds is 2. The molecule has 0 fully saturated rings. The molecule has 0 saturated carbocycles. The van der Waals surface area contributed by atoms with E-state index in [-0.39, 0.29) is 34.3 Å². The largest absolute Gasteiger partial charge is 0.242 e. The average molecular weight is 697 g/mol. The molecule has 3 heterocycles. The number of aryl methyl sites for hydroxylation is 1. The summed E-state index contributed by atoms with van der Waals surface area (Å²) >= 11 is 2.00.